The molecule has 1 atom stereocenters. The fraction of sp³-hybridized carbons (Fsp3) is 0.353. The Labute approximate surface area is 135 Å². The molecule has 124 valence electrons. The molecule has 0 saturated heterocycles. The number of halogens is 1. The Hall–Kier alpha value is -2.50. The van der Waals surface area contributed by atoms with Crippen molar-refractivity contribution in [1.82, 2.24) is 10.6 Å². The highest BCUT2D eigenvalue weighted by Gasteiger charge is 2.06. The summed E-state index contributed by atoms with van der Waals surface area (Å²) in [6, 6.07) is 9.70. The molecule has 23 heavy (non-hydrogen) atoms. The van der Waals surface area contributed by atoms with Gasteiger partial charge in [-0.05, 0) is 50.2 Å². The van der Waals surface area contributed by atoms with Crippen LogP contribution < -0.4 is 15.4 Å². The smallest absolute Gasteiger partial charge is 0.191 e. The molecule has 1 unspecified atom stereocenters. The molecule has 0 aliphatic carbocycles. The zero-order chi connectivity index (χ0) is 16.5. The maximum Gasteiger partial charge on any atom is 0.191 e. The van der Waals surface area contributed by atoms with Crippen LogP contribution in [0.15, 0.2) is 52.1 Å². The monoisotopic (exact) mass is 319 g/mol. The first-order valence-corrected chi connectivity index (χ1v) is 7.64. The van der Waals surface area contributed by atoms with Gasteiger partial charge in [-0.25, -0.2) is 9.38 Å². The van der Waals surface area contributed by atoms with E-state index in [4.69, 9.17) is 9.15 Å². The molecule has 0 saturated carbocycles. The van der Waals surface area contributed by atoms with E-state index in [1.54, 1.807) is 18.4 Å². The number of ether oxygens (including phenoxy) is 1. The number of nitrogens with one attached hydrogen (secondary N) is 2. The van der Waals surface area contributed by atoms with Gasteiger partial charge in [-0.1, -0.05) is 0 Å². The molecule has 2 N–H and O–H groups in total. The number of furan rings is 1. The minimum absolute atomic E-state index is 0.0899. The molecule has 2 aromatic rings. The highest BCUT2D eigenvalue weighted by Crippen LogP contribution is 2.12. The van der Waals surface area contributed by atoms with Gasteiger partial charge in [0, 0.05) is 6.54 Å². The number of rotatable bonds is 7. The number of nitrogens with zero attached hydrogens (tertiary/aromatic N) is 1. The van der Waals surface area contributed by atoms with Crippen molar-refractivity contribution in [3.63, 3.8) is 0 Å². The topological polar surface area (TPSA) is 58.8 Å². The number of guanidine groups is 1. The van der Waals surface area contributed by atoms with Crippen LogP contribution in [0, 0.1) is 5.82 Å². The molecule has 6 heteroatoms. The number of benzene rings is 1. The molecule has 5 nitrogen and oxygen atoms in total. The fourth-order valence-electron chi connectivity index (χ4n) is 1.93. The fourth-order valence-corrected chi connectivity index (χ4v) is 1.93. The lowest BCUT2D eigenvalue weighted by Crippen LogP contribution is -2.41. The van der Waals surface area contributed by atoms with Gasteiger partial charge in [-0.15, -0.1) is 0 Å². The van der Waals surface area contributed by atoms with Gasteiger partial charge in [0.1, 0.15) is 30.0 Å². The van der Waals surface area contributed by atoms with E-state index in [1.807, 2.05) is 26.0 Å². The quantitative estimate of drug-likeness (QED) is 0.608. The lowest BCUT2D eigenvalue weighted by Gasteiger charge is -2.17. The Balaban J connectivity index is 1.82. The van der Waals surface area contributed by atoms with E-state index in [1.165, 1.54) is 12.1 Å². The second kappa shape index (κ2) is 8.82. The van der Waals surface area contributed by atoms with E-state index in [0.29, 0.717) is 24.8 Å². The molecular weight excluding hydrogens is 297 g/mol. The Kier molecular flexibility index (Phi) is 6.47. The summed E-state index contributed by atoms with van der Waals surface area (Å²) < 4.78 is 23.8. The molecule has 0 fully saturated rings. The molecule has 0 amide bonds. The molecular formula is C17H22FN3O2. The van der Waals surface area contributed by atoms with Gasteiger partial charge < -0.3 is 19.8 Å². The predicted octanol–water partition coefficient (Wildman–Crippen LogP) is 2.94. The third-order valence-electron chi connectivity index (χ3n) is 3.03. The van der Waals surface area contributed by atoms with Crippen molar-refractivity contribution in [3.05, 3.63) is 54.2 Å². The first-order valence-electron chi connectivity index (χ1n) is 7.64. The summed E-state index contributed by atoms with van der Waals surface area (Å²) in [6.07, 6.45) is 1.54. The molecule has 1 heterocycles. The van der Waals surface area contributed by atoms with Crippen LogP contribution in [0.25, 0.3) is 0 Å². The summed E-state index contributed by atoms with van der Waals surface area (Å²) in [7, 11) is 0. The third kappa shape index (κ3) is 6.02. The first-order chi connectivity index (χ1) is 11.2. The van der Waals surface area contributed by atoms with E-state index >= 15 is 0 Å². The van der Waals surface area contributed by atoms with Crippen LogP contribution in [0.4, 0.5) is 4.39 Å². The van der Waals surface area contributed by atoms with E-state index in [2.05, 4.69) is 15.6 Å². The van der Waals surface area contributed by atoms with Gasteiger partial charge in [0.25, 0.3) is 0 Å². The Morgan fingerprint density at radius 3 is 2.70 bits per heavy atom. The zero-order valence-electron chi connectivity index (χ0n) is 13.4. The minimum atomic E-state index is -0.275. The summed E-state index contributed by atoms with van der Waals surface area (Å²) in [5, 5.41) is 6.38. The van der Waals surface area contributed by atoms with Gasteiger partial charge in [-0.3, -0.25) is 0 Å². The van der Waals surface area contributed by atoms with Crippen LogP contribution in [-0.4, -0.2) is 25.2 Å². The van der Waals surface area contributed by atoms with Gasteiger partial charge >= 0.3 is 0 Å². The maximum atomic E-state index is 12.9. The number of hydrogen-bond donors (Lipinski definition) is 2. The average molecular weight is 319 g/mol. The average Bonchev–Trinajstić information content (AvgIpc) is 3.06. The van der Waals surface area contributed by atoms with Gasteiger partial charge in [0.05, 0.1) is 12.8 Å². The maximum absolute atomic E-state index is 12.9. The van der Waals surface area contributed by atoms with Crippen molar-refractivity contribution >= 4 is 5.96 Å². The predicted molar refractivity (Wildman–Crippen MR) is 88.0 cm³/mol. The summed E-state index contributed by atoms with van der Waals surface area (Å²) >= 11 is 0. The van der Waals surface area contributed by atoms with Crippen LogP contribution >= 0.6 is 0 Å². The van der Waals surface area contributed by atoms with Crippen LogP contribution in [0.1, 0.15) is 19.6 Å². The van der Waals surface area contributed by atoms with Crippen molar-refractivity contribution < 1.29 is 13.5 Å². The first kappa shape index (κ1) is 16.9. The number of aliphatic imine (C=N–C) groups is 1. The highest BCUT2D eigenvalue weighted by atomic mass is 19.1. The Morgan fingerprint density at radius 2 is 2.04 bits per heavy atom. The summed E-state index contributed by atoms with van der Waals surface area (Å²) in [4.78, 5) is 4.44. The van der Waals surface area contributed by atoms with Crippen molar-refractivity contribution in [3.8, 4) is 5.75 Å². The normalized spacial score (nSPS) is 12.7. The van der Waals surface area contributed by atoms with Gasteiger partial charge in [-0.2, -0.15) is 0 Å². The molecule has 0 bridgehead atoms. The summed E-state index contributed by atoms with van der Waals surface area (Å²) in [5.41, 5.74) is 0. The Bertz CT molecular complexity index is 597. The SMILES string of the molecule is CCNC(=NCc1ccco1)NCC(C)Oc1ccc(F)cc1. The molecule has 0 aliphatic rings. The minimum Gasteiger partial charge on any atom is -0.489 e. The van der Waals surface area contributed by atoms with Crippen molar-refractivity contribution in [2.45, 2.75) is 26.5 Å². The standard InChI is InChI=1S/C17H22FN3O2/c1-3-19-17(21-12-16-5-4-10-22-16)20-11-13(2)23-15-8-6-14(18)7-9-15/h4-10,13H,3,11-12H2,1-2H3,(H2,19,20,21). The molecule has 0 radical (unpaired) electrons. The molecule has 0 spiro atoms. The summed E-state index contributed by atoms with van der Waals surface area (Å²) in [6.45, 7) is 5.74. The van der Waals surface area contributed by atoms with Gasteiger partial charge in [0.2, 0.25) is 0 Å². The second-order valence-corrected chi connectivity index (χ2v) is 5.04. The van der Waals surface area contributed by atoms with E-state index in [0.717, 1.165) is 12.3 Å². The Morgan fingerprint density at radius 1 is 1.26 bits per heavy atom. The lowest BCUT2D eigenvalue weighted by atomic mass is 10.3. The third-order valence-corrected chi connectivity index (χ3v) is 3.03. The second-order valence-electron chi connectivity index (χ2n) is 5.04. The van der Waals surface area contributed by atoms with Crippen LogP contribution in [-0.2, 0) is 6.54 Å². The van der Waals surface area contributed by atoms with Crippen molar-refractivity contribution in [2.24, 2.45) is 4.99 Å². The molecule has 1 aromatic carbocycles. The van der Waals surface area contributed by atoms with Gasteiger partial charge in [0.15, 0.2) is 5.96 Å². The van der Waals surface area contributed by atoms with Crippen molar-refractivity contribution in [2.75, 3.05) is 13.1 Å². The molecule has 0 aliphatic heterocycles. The summed E-state index contributed by atoms with van der Waals surface area (Å²) in [5.74, 6) is 1.86. The van der Waals surface area contributed by atoms with E-state index < -0.39 is 0 Å². The largest absolute Gasteiger partial charge is 0.489 e. The van der Waals surface area contributed by atoms with Crippen LogP contribution in [0.5, 0.6) is 5.75 Å². The highest BCUT2D eigenvalue weighted by molar-refractivity contribution is 5.79. The number of hydrogen-bond acceptors (Lipinski definition) is 3. The molecule has 1 aromatic heterocycles. The van der Waals surface area contributed by atoms with Crippen LogP contribution in [0.2, 0.25) is 0 Å². The molecule has 2 rings (SSSR count). The lowest BCUT2D eigenvalue weighted by molar-refractivity contribution is 0.223. The van der Waals surface area contributed by atoms with Crippen molar-refractivity contribution in [1.29, 1.82) is 0 Å². The zero-order valence-corrected chi connectivity index (χ0v) is 13.4. The van der Waals surface area contributed by atoms with E-state index in [-0.39, 0.29) is 11.9 Å². The van der Waals surface area contributed by atoms with Crippen LogP contribution in [0.3, 0.4) is 0 Å². The van der Waals surface area contributed by atoms with E-state index in [9.17, 15) is 4.39 Å².